The maximum atomic E-state index is 13.9. The van der Waals surface area contributed by atoms with Crippen LogP contribution >= 0.6 is 0 Å². The Morgan fingerprint density at radius 3 is 2.27 bits per heavy atom. The van der Waals surface area contributed by atoms with Gasteiger partial charge in [-0.15, -0.1) is 0 Å². The van der Waals surface area contributed by atoms with E-state index in [1.165, 1.54) is 12.1 Å². The number of amides is 2. The summed E-state index contributed by atoms with van der Waals surface area (Å²) >= 11 is 0. The molecule has 138 valence electrons. The van der Waals surface area contributed by atoms with Crippen molar-refractivity contribution in [1.29, 1.82) is 0 Å². The maximum absolute atomic E-state index is 13.9. The summed E-state index contributed by atoms with van der Waals surface area (Å²) in [6, 6.07) is 12.9. The second-order valence-corrected chi connectivity index (χ2v) is 6.57. The quantitative estimate of drug-likeness (QED) is 0.908. The normalized spacial score (nSPS) is 15.7. The Bertz CT molecular complexity index is 760. The lowest BCUT2D eigenvalue weighted by Gasteiger charge is -2.36. The summed E-state index contributed by atoms with van der Waals surface area (Å²) in [6.07, 6.45) is 0.438. The van der Waals surface area contributed by atoms with Crippen LogP contribution in [0.25, 0.3) is 0 Å². The smallest absolute Gasteiger partial charge is 0.317 e. The largest absolute Gasteiger partial charge is 0.366 e. The van der Waals surface area contributed by atoms with E-state index < -0.39 is 0 Å². The number of benzene rings is 2. The van der Waals surface area contributed by atoms with Gasteiger partial charge in [0.2, 0.25) is 0 Å². The SMILES string of the molecule is CC(Cc1ccccc1F)NC(=O)N1CCN(c2ccccc2F)CC1. The molecule has 1 unspecified atom stereocenters. The fraction of sp³-hybridized carbons (Fsp3) is 0.350. The number of nitrogens with one attached hydrogen (secondary N) is 1. The summed E-state index contributed by atoms with van der Waals surface area (Å²) in [5, 5.41) is 2.92. The number of piperazine rings is 1. The number of halogens is 2. The van der Waals surface area contributed by atoms with Crippen LogP contribution < -0.4 is 10.2 Å². The molecule has 0 radical (unpaired) electrons. The molecule has 2 amide bonds. The van der Waals surface area contributed by atoms with Gasteiger partial charge in [0.25, 0.3) is 0 Å². The summed E-state index contributed by atoms with van der Waals surface area (Å²) in [7, 11) is 0. The molecule has 0 aliphatic carbocycles. The molecule has 1 fully saturated rings. The van der Waals surface area contributed by atoms with Crippen molar-refractivity contribution in [1.82, 2.24) is 10.2 Å². The van der Waals surface area contributed by atoms with Crippen molar-refractivity contribution >= 4 is 11.7 Å². The molecular weight excluding hydrogens is 336 g/mol. The number of rotatable bonds is 4. The minimum atomic E-state index is -0.257. The second kappa shape index (κ2) is 8.17. The zero-order valence-corrected chi connectivity index (χ0v) is 14.8. The van der Waals surface area contributed by atoms with Gasteiger partial charge in [-0.05, 0) is 37.1 Å². The Kier molecular flexibility index (Phi) is 5.71. The third-order valence-corrected chi connectivity index (χ3v) is 4.61. The van der Waals surface area contributed by atoms with Gasteiger partial charge in [0.05, 0.1) is 5.69 Å². The van der Waals surface area contributed by atoms with Crippen LogP contribution in [0.15, 0.2) is 48.5 Å². The van der Waals surface area contributed by atoms with E-state index in [-0.39, 0.29) is 23.7 Å². The van der Waals surface area contributed by atoms with Crippen LogP contribution in [0.4, 0.5) is 19.3 Å². The van der Waals surface area contributed by atoms with E-state index >= 15 is 0 Å². The number of urea groups is 1. The summed E-state index contributed by atoms with van der Waals surface area (Å²) in [5.74, 6) is -0.504. The molecule has 3 rings (SSSR count). The standard InChI is InChI=1S/C20H23F2N3O/c1-15(14-16-6-2-3-7-17(16)21)23-20(26)25-12-10-24(11-13-25)19-9-5-4-8-18(19)22/h2-9,15H,10-14H2,1H3,(H,23,26). The first kappa shape index (κ1) is 18.2. The molecule has 1 atom stereocenters. The van der Waals surface area contributed by atoms with Crippen LogP contribution in [0, 0.1) is 11.6 Å². The Morgan fingerprint density at radius 1 is 1.00 bits per heavy atom. The van der Waals surface area contributed by atoms with Crippen molar-refractivity contribution in [3.63, 3.8) is 0 Å². The van der Waals surface area contributed by atoms with Crippen LogP contribution in [-0.2, 0) is 6.42 Å². The minimum Gasteiger partial charge on any atom is -0.366 e. The molecule has 1 aliphatic heterocycles. The highest BCUT2D eigenvalue weighted by Gasteiger charge is 2.23. The molecular formula is C20H23F2N3O. The summed E-state index contributed by atoms with van der Waals surface area (Å²) in [5.41, 5.74) is 1.16. The molecule has 0 spiro atoms. The fourth-order valence-electron chi connectivity index (χ4n) is 3.21. The number of carbonyl (C=O) groups is 1. The van der Waals surface area contributed by atoms with E-state index in [4.69, 9.17) is 0 Å². The van der Waals surface area contributed by atoms with Gasteiger partial charge < -0.3 is 15.1 Å². The minimum absolute atomic E-state index is 0.165. The molecule has 1 aliphatic rings. The molecule has 26 heavy (non-hydrogen) atoms. The molecule has 2 aromatic carbocycles. The summed E-state index contributed by atoms with van der Waals surface area (Å²) < 4.78 is 27.6. The molecule has 2 aromatic rings. The number of anilines is 1. The van der Waals surface area contributed by atoms with Gasteiger partial charge >= 0.3 is 6.03 Å². The van der Waals surface area contributed by atoms with E-state index in [9.17, 15) is 13.6 Å². The summed E-state index contributed by atoms with van der Waals surface area (Å²) in [6.45, 7) is 4.06. The van der Waals surface area contributed by atoms with Gasteiger partial charge in [-0.2, -0.15) is 0 Å². The molecule has 1 N–H and O–H groups in total. The fourth-order valence-corrected chi connectivity index (χ4v) is 3.21. The van der Waals surface area contributed by atoms with Gasteiger partial charge in [0.1, 0.15) is 11.6 Å². The Balaban J connectivity index is 1.51. The van der Waals surface area contributed by atoms with Crippen LogP contribution in [0.3, 0.4) is 0 Å². The van der Waals surface area contributed by atoms with Crippen molar-refractivity contribution < 1.29 is 13.6 Å². The Morgan fingerprint density at radius 2 is 1.62 bits per heavy atom. The highest BCUT2D eigenvalue weighted by atomic mass is 19.1. The zero-order valence-electron chi connectivity index (χ0n) is 14.8. The Labute approximate surface area is 152 Å². The lowest BCUT2D eigenvalue weighted by Crippen LogP contribution is -2.53. The van der Waals surface area contributed by atoms with E-state index in [1.54, 1.807) is 35.2 Å². The monoisotopic (exact) mass is 359 g/mol. The van der Waals surface area contributed by atoms with E-state index in [0.29, 0.717) is 43.9 Å². The second-order valence-electron chi connectivity index (χ2n) is 6.57. The van der Waals surface area contributed by atoms with E-state index in [0.717, 1.165) is 0 Å². The first-order chi connectivity index (χ1) is 12.5. The molecule has 0 aromatic heterocycles. The predicted octanol–water partition coefficient (Wildman–Crippen LogP) is 3.43. The topological polar surface area (TPSA) is 35.6 Å². The van der Waals surface area contributed by atoms with Crippen molar-refractivity contribution in [3.8, 4) is 0 Å². The van der Waals surface area contributed by atoms with Crippen LogP contribution in [0.5, 0.6) is 0 Å². The van der Waals surface area contributed by atoms with Gasteiger partial charge in [0.15, 0.2) is 0 Å². The average molecular weight is 359 g/mol. The molecule has 0 bridgehead atoms. The predicted molar refractivity (Wildman–Crippen MR) is 98.3 cm³/mol. The van der Waals surface area contributed by atoms with Gasteiger partial charge in [-0.25, -0.2) is 13.6 Å². The average Bonchev–Trinajstić information content (AvgIpc) is 2.64. The Hall–Kier alpha value is -2.63. The highest BCUT2D eigenvalue weighted by molar-refractivity contribution is 5.75. The molecule has 1 heterocycles. The number of carbonyl (C=O) groups excluding carboxylic acids is 1. The molecule has 0 saturated carbocycles. The number of hydrogen-bond acceptors (Lipinski definition) is 2. The van der Waals surface area contributed by atoms with Crippen molar-refractivity contribution in [2.75, 3.05) is 31.1 Å². The molecule has 4 nitrogen and oxygen atoms in total. The lowest BCUT2D eigenvalue weighted by molar-refractivity contribution is 0.191. The van der Waals surface area contributed by atoms with Gasteiger partial charge in [-0.3, -0.25) is 0 Å². The van der Waals surface area contributed by atoms with Crippen LogP contribution in [0.1, 0.15) is 12.5 Å². The summed E-state index contributed by atoms with van der Waals surface area (Å²) in [4.78, 5) is 16.1. The van der Waals surface area contributed by atoms with Crippen molar-refractivity contribution in [3.05, 3.63) is 65.7 Å². The van der Waals surface area contributed by atoms with Gasteiger partial charge in [0, 0.05) is 32.2 Å². The first-order valence-corrected chi connectivity index (χ1v) is 8.83. The zero-order chi connectivity index (χ0) is 18.5. The number of hydrogen-bond donors (Lipinski definition) is 1. The third-order valence-electron chi connectivity index (χ3n) is 4.61. The number of para-hydroxylation sites is 1. The van der Waals surface area contributed by atoms with Crippen molar-refractivity contribution in [2.24, 2.45) is 0 Å². The van der Waals surface area contributed by atoms with Crippen LogP contribution in [0.2, 0.25) is 0 Å². The van der Waals surface area contributed by atoms with E-state index in [2.05, 4.69) is 5.32 Å². The lowest BCUT2D eigenvalue weighted by atomic mass is 10.1. The highest BCUT2D eigenvalue weighted by Crippen LogP contribution is 2.20. The third kappa shape index (κ3) is 4.31. The van der Waals surface area contributed by atoms with Crippen LogP contribution in [-0.4, -0.2) is 43.2 Å². The molecule has 6 heteroatoms. The number of nitrogens with zero attached hydrogens (tertiary/aromatic N) is 2. The van der Waals surface area contributed by atoms with E-state index in [1.807, 2.05) is 17.9 Å². The van der Waals surface area contributed by atoms with Crippen molar-refractivity contribution in [2.45, 2.75) is 19.4 Å². The molecule has 1 saturated heterocycles. The maximum Gasteiger partial charge on any atom is 0.317 e. The first-order valence-electron chi connectivity index (χ1n) is 8.83. The van der Waals surface area contributed by atoms with Gasteiger partial charge in [-0.1, -0.05) is 30.3 Å².